The third kappa shape index (κ3) is 3.55. The van der Waals surface area contributed by atoms with Crippen molar-refractivity contribution in [2.24, 2.45) is 0 Å². The molecule has 88 valence electrons. The van der Waals surface area contributed by atoms with Crippen LogP contribution in [0.2, 0.25) is 0 Å². The first-order valence-corrected chi connectivity index (χ1v) is 5.15. The SMILES string of the molecule is CCCOc1cc(C=O)ccc1OCOC. The van der Waals surface area contributed by atoms with Gasteiger partial charge in [0.1, 0.15) is 6.29 Å². The Morgan fingerprint density at radius 2 is 2.06 bits per heavy atom. The second-order valence-corrected chi connectivity index (χ2v) is 3.22. The molecule has 0 aromatic heterocycles. The molecule has 1 aromatic carbocycles. The highest BCUT2D eigenvalue weighted by molar-refractivity contribution is 5.76. The van der Waals surface area contributed by atoms with E-state index < -0.39 is 0 Å². The van der Waals surface area contributed by atoms with Gasteiger partial charge in [0, 0.05) is 12.7 Å². The van der Waals surface area contributed by atoms with Crippen LogP contribution in [0, 0.1) is 0 Å². The van der Waals surface area contributed by atoms with Crippen molar-refractivity contribution >= 4 is 6.29 Å². The van der Waals surface area contributed by atoms with Crippen LogP contribution in [0.4, 0.5) is 0 Å². The standard InChI is InChI=1S/C12H16O4/c1-3-6-15-12-7-10(8-13)4-5-11(12)16-9-14-2/h4-5,7-8H,3,6,9H2,1-2H3. The molecule has 0 unspecified atom stereocenters. The zero-order valence-corrected chi connectivity index (χ0v) is 9.56. The molecule has 0 aliphatic heterocycles. The molecule has 0 spiro atoms. The molecule has 4 heteroatoms. The molecular formula is C12H16O4. The summed E-state index contributed by atoms with van der Waals surface area (Å²) >= 11 is 0. The van der Waals surface area contributed by atoms with Gasteiger partial charge in [-0.15, -0.1) is 0 Å². The highest BCUT2D eigenvalue weighted by atomic mass is 16.7. The lowest BCUT2D eigenvalue weighted by atomic mass is 10.2. The molecule has 0 saturated heterocycles. The fourth-order valence-electron chi connectivity index (χ4n) is 1.16. The van der Waals surface area contributed by atoms with Crippen LogP contribution < -0.4 is 9.47 Å². The van der Waals surface area contributed by atoms with Gasteiger partial charge in [-0.1, -0.05) is 6.92 Å². The fraction of sp³-hybridized carbons (Fsp3) is 0.417. The zero-order valence-electron chi connectivity index (χ0n) is 9.56. The summed E-state index contributed by atoms with van der Waals surface area (Å²) in [5.74, 6) is 1.16. The molecule has 4 nitrogen and oxygen atoms in total. The van der Waals surface area contributed by atoms with Crippen molar-refractivity contribution in [1.82, 2.24) is 0 Å². The molecule has 0 saturated carbocycles. The molecule has 0 heterocycles. The van der Waals surface area contributed by atoms with Crippen molar-refractivity contribution in [2.45, 2.75) is 13.3 Å². The first-order chi connectivity index (χ1) is 7.81. The Morgan fingerprint density at radius 3 is 2.69 bits per heavy atom. The Balaban J connectivity index is 2.82. The highest BCUT2D eigenvalue weighted by Gasteiger charge is 2.06. The number of carbonyl (C=O) groups excluding carboxylic acids is 1. The summed E-state index contributed by atoms with van der Waals surface area (Å²) in [6.07, 6.45) is 1.67. The van der Waals surface area contributed by atoms with Gasteiger partial charge in [-0.2, -0.15) is 0 Å². The minimum atomic E-state index is 0.156. The van der Waals surface area contributed by atoms with Crippen molar-refractivity contribution < 1.29 is 19.0 Å². The van der Waals surface area contributed by atoms with E-state index in [9.17, 15) is 4.79 Å². The number of rotatable bonds is 7. The van der Waals surface area contributed by atoms with Crippen LogP contribution in [0.15, 0.2) is 18.2 Å². The van der Waals surface area contributed by atoms with Crippen LogP contribution in [-0.2, 0) is 4.74 Å². The molecule has 0 aliphatic rings. The van der Waals surface area contributed by atoms with Crippen molar-refractivity contribution in [3.05, 3.63) is 23.8 Å². The molecule has 0 bridgehead atoms. The lowest BCUT2D eigenvalue weighted by molar-refractivity contribution is 0.0486. The van der Waals surface area contributed by atoms with Crippen LogP contribution in [0.5, 0.6) is 11.5 Å². The molecule has 0 fully saturated rings. The Bertz CT molecular complexity index is 336. The summed E-state index contributed by atoms with van der Waals surface area (Å²) < 4.78 is 15.6. The van der Waals surface area contributed by atoms with Gasteiger partial charge in [-0.3, -0.25) is 4.79 Å². The second kappa shape index (κ2) is 6.85. The Labute approximate surface area is 95.1 Å². The van der Waals surface area contributed by atoms with E-state index in [0.717, 1.165) is 12.7 Å². The third-order valence-electron chi connectivity index (χ3n) is 1.90. The van der Waals surface area contributed by atoms with Gasteiger partial charge in [-0.25, -0.2) is 0 Å². The van der Waals surface area contributed by atoms with Crippen molar-refractivity contribution in [3.63, 3.8) is 0 Å². The second-order valence-electron chi connectivity index (χ2n) is 3.22. The van der Waals surface area contributed by atoms with Gasteiger partial charge in [0.2, 0.25) is 0 Å². The van der Waals surface area contributed by atoms with E-state index >= 15 is 0 Å². The summed E-state index contributed by atoms with van der Waals surface area (Å²) in [4.78, 5) is 10.6. The monoisotopic (exact) mass is 224 g/mol. The molecule has 1 aromatic rings. The number of carbonyl (C=O) groups is 1. The van der Waals surface area contributed by atoms with E-state index in [1.807, 2.05) is 6.92 Å². The van der Waals surface area contributed by atoms with Crippen molar-refractivity contribution in [2.75, 3.05) is 20.5 Å². The van der Waals surface area contributed by atoms with Gasteiger partial charge >= 0.3 is 0 Å². The Morgan fingerprint density at radius 1 is 1.25 bits per heavy atom. The molecule has 0 N–H and O–H groups in total. The van der Waals surface area contributed by atoms with Crippen molar-refractivity contribution in [3.8, 4) is 11.5 Å². The molecular weight excluding hydrogens is 208 g/mol. The van der Waals surface area contributed by atoms with Crippen LogP contribution in [0.25, 0.3) is 0 Å². The Hall–Kier alpha value is -1.55. The summed E-state index contributed by atoms with van der Waals surface area (Å²) in [5.41, 5.74) is 0.566. The number of benzene rings is 1. The van der Waals surface area contributed by atoms with E-state index in [4.69, 9.17) is 14.2 Å². The zero-order chi connectivity index (χ0) is 11.8. The summed E-state index contributed by atoms with van der Waals surface area (Å²) in [5, 5.41) is 0. The first-order valence-electron chi connectivity index (χ1n) is 5.15. The number of hydrogen-bond acceptors (Lipinski definition) is 4. The first kappa shape index (κ1) is 12.5. The minimum absolute atomic E-state index is 0.156. The third-order valence-corrected chi connectivity index (χ3v) is 1.90. The number of ether oxygens (including phenoxy) is 3. The molecule has 1 rings (SSSR count). The maximum absolute atomic E-state index is 10.6. The largest absolute Gasteiger partial charge is 0.490 e. The minimum Gasteiger partial charge on any atom is -0.490 e. The predicted octanol–water partition coefficient (Wildman–Crippen LogP) is 2.27. The smallest absolute Gasteiger partial charge is 0.188 e. The summed E-state index contributed by atoms with van der Waals surface area (Å²) in [7, 11) is 1.55. The van der Waals surface area contributed by atoms with Gasteiger partial charge in [0.25, 0.3) is 0 Å². The average Bonchev–Trinajstić information content (AvgIpc) is 2.34. The Kier molecular flexibility index (Phi) is 5.36. The van der Waals surface area contributed by atoms with E-state index in [1.54, 1.807) is 25.3 Å². The average molecular weight is 224 g/mol. The number of aldehydes is 1. The van der Waals surface area contributed by atoms with Crippen LogP contribution >= 0.6 is 0 Å². The van der Waals surface area contributed by atoms with E-state index in [-0.39, 0.29) is 6.79 Å². The summed E-state index contributed by atoms with van der Waals surface area (Å²) in [6, 6.07) is 5.04. The lowest BCUT2D eigenvalue weighted by Crippen LogP contribution is -2.03. The maximum Gasteiger partial charge on any atom is 0.188 e. The van der Waals surface area contributed by atoms with Crippen LogP contribution in [0.3, 0.4) is 0 Å². The van der Waals surface area contributed by atoms with Crippen LogP contribution in [-0.4, -0.2) is 26.8 Å². The van der Waals surface area contributed by atoms with Crippen LogP contribution in [0.1, 0.15) is 23.7 Å². The molecule has 0 radical (unpaired) electrons. The van der Waals surface area contributed by atoms with Gasteiger partial charge in [0.15, 0.2) is 18.3 Å². The van der Waals surface area contributed by atoms with E-state index in [1.165, 1.54) is 0 Å². The summed E-state index contributed by atoms with van der Waals surface area (Å²) in [6.45, 7) is 2.76. The molecule has 0 atom stereocenters. The number of methoxy groups -OCH3 is 1. The molecule has 0 amide bonds. The normalized spacial score (nSPS) is 9.88. The molecule has 16 heavy (non-hydrogen) atoms. The van der Waals surface area contributed by atoms with Crippen molar-refractivity contribution in [1.29, 1.82) is 0 Å². The number of hydrogen-bond donors (Lipinski definition) is 0. The van der Waals surface area contributed by atoms with Gasteiger partial charge in [0.05, 0.1) is 6.61 Å². The molecule has 0 aliphatic carbocycles. The maximum atomic E-state index is 10.6. The van der Waals surface area contributed by atoms with E-state index in [0.29, 0.717) is 23.7 Å². The van der Waals surface area contributed by atoms with Gasteiger partial charge < -0.3 is 14.2 Å². The lowest BCUT2D eigenvalue weighted by Gasteiger charge is -2.11. The van der Waals surface area contributed by atoms with E-state index in [2.05, 4.69) is 0 Å². The predicted molar refractivity (Wildman–Crippen MR) is 60.1 cm³/mol. The van der Waals surface area contributed by atoms with Gasteiger partial charge in [-0.05, 0) is 24.6 Å². The fourth-order valence-corrected chi connectivity index (χ4v) is 1.16. The topological polar surface area (TPSA) is 44.8 Å². The quantitative estimate of drug-likeness (QED) is 0.526. The highest BCUT2D eigenvalue weighted by Crippen LogP contribution is 2.28.